The Morgan fingerprint density at radius 1 is 1.25 bits per heavy atom. The number of fused-ring (bicyclic) bond motifs is 2. The van der Waals surface area contributed by atoms with Crippen molar-refractivity contribution in [1.82, 2.24) is 15.0 Å². The van der Waals surface area contributed by atoms with Crippen LogP contribution in [-0.2, 0) is 6.42 Å². The number of phenols is 1. The van der Waals surface area contributed by atoms with Gasteiger partial charge in [0.1, 0.15) is 11.5 Å². The first-order valence-corrected chi connectivity index (χ1v) is 10.4. The summed E-state index contributed by atoms with van der Waals surface area (Å²) in [5.74, 6) is 1.81. The minimum Gasteiger partial charge on any atom is -0.508 e. The minimum atomic E-state index is -0.0162. The Bertz CT molecular complexity index is 871. The summed E-state index contributed by atoms with van der Waals surface area (Å²) >= 11 is 0. The number of carbonyl (C=O) groups is 1. The first kappa shape index (κ1) is 17.7. The first-order valence-electron chi connectivity index (χ1n) is 10.4. The van der Waals surface area contributed by atoms with Gasteiger partial charge in [0.15, 0.2) is 5.69 Å². The van der Waals surface area contributed by atoms with Gasteiger partial charge in [0.2, 0.25) is 0 Å². The van der Waals surface area contributed by atoms with Crippen LogP contribution in [0, 0.1) is 5.92 Å². The van der Waals surface area contributed by atoms with E-state index in [0.29, 0.717) is 24.2 Å². The molecule has 0 saturated carbocycles. The predicted molar refractivity (Wildman–Crippen MR) is 104 cm³/mol. The van der Waals surface area contributed by atoms with Crippen LogP contribution >= 0.6 is 0 Å². The van der Waals surface area contributed by atoms with Crippen LogP contribution in [0.25, 0.3) is 0 Å². The predicted octanol–water partition coefficient (Wildman–Crippen LogP) is 3.04. The number of hydrogen-bond donors (Lipinski definition) is 1. The number of benzene rings is 1. The second-order valence-electron chi connectivity index (χ2n) is 8.44. The van der Waals surface area contributed by atoms with E-state index in [4.69, 9.17) is 4.52 Å². The molecule has 0 unspecified atom stereocenters. The van der Waals surface area contributed by atoms with Crippen molar-refractivity contribution in [1.29, 1.82) is 0 Å². The summed E-state index contributed by atoms with van der Waals surface area (Å²) in [6, 6.07) is 9.88. The molecule has 148 valence electrons. The standard InChI is InChI=1S/C22H27N3O3/c1-2-4-17-12-19(23-28-17)22(27)25-13-18(15-5-3-6-16(26)11-15)21-20(25)14-7-9-24(21)10-8-14/h3,5-6,11-12,14,18,20-21,26H,2,4,7-10,13H2,1H3/t18-,20+,21+/m0/s1. The van der Waals surface area contributed by atoms with Crippen molar-refractivity contribution in [3.63, 3.8) is 0 Å². The Hall–Kier alpha value is -2.34. The van der Waals surface area contributed by atoms with Crippen LogP contribution in [0.5, 0.6) is 5.75 Å². The molecule has 6 rings (SSSR count). The van der Waals surface area contributed by atoms with Crippen LogP contribution in [0.4, 0.5) is 0 Å². The van der Waals surface area contributed by atoms with Gasteiger partial charge in [-0.05, 0) is 56.0 Å². The van der Waals surface area contributed by atoms with Crippen molar-refractivity contribution in [2.24, 2.45) is 5.92 Å². The summed E-state index contributed by atoms with van der Waals surface area (Å²) in [5.41, 5.74) is 1.54. The van der Waals surface area contributed by atoms with E-state index in [-0.39, 0.29) is 23.6 Å². The maximum absolute atomic E-state index is 13.4. The molecule has 4 saturated heterocycles. The van der Waals surface area contributed by atoms with Gasteiger partial charge >= 0.3 is 0 Å². The normalized spacial score (nSPS) is 31.2. The molecule has 3 atom stereocenters. The van der Waals surface area contributed by atoms with Gasteiger partial charge in [-0.15, -0.1) is 0 Å². The molecular formula is C22H27N3O3. The number of hydrogen-bond acceptors (Lipinski definition) is 5. The maximum Gasteiger partial charge on any atom is 0.276 e. The third-order valence-corrected chi connectivity index (χ3v) is 6.83. The molecule has 1 aromatic carbocycles. The van der Waals surface area contributed by atoms with Crippen molar-refractivity contribution < 1.29 is 14.4 Å². The molecule has 4 fully saturated rings. The van der Waals surface area contributed by atoms with Gasteiger partial charge in [-0.25, -0.2) is 0 Å². The molecule has 0 radical (unpaired) electrons. The number of nitrogens with zero attached hydrogens (tertiary/aromatic N) is 3. The summed E-state index contributed by atoms with van der Waals surface area (Å²) in [6.07, 6.45) is 4.07. The summed E-state index contributed by atoms with van der Waals surface area (Å²) in [6.45, 7) is 4.96. The highest BCUT2D eigenvalue weighted by Crippen LogP contribution is 2.47. The number of likely N-dealkylation sites (tertiary alicyclic amines) is 1. The highest BCUT2D eigenvalue weighted by atomic mass is 16.5. The smallest absolute Gasteiger partial charge is 0.276 e. The number of phenolic OH excluding ortho intramolecular Hbond substituents is 1. The molecule has 2 bridgehead atoms. The summed E-state index contributed by atoms with van der Waals surface area (Å²) < 4.78 is 5.37. The maximum atomic E-state index is 13.4. The van der Waals surface area contributed by atoms with Gasteiger partial charge in [-0.2, -0.15) is 0 Å². The Kier molecular flexibility index (Phi) is 4.38. The van der Waals surface area contributed by atoms with E-state index in [1.54, 1.807) is 6.07 Å². The number of rotatable bonds is 4. The van der Waals surface area contributed by atoms with E-state index in [1.165, 1.54) is 0 Å². The van der Waals surface area contributed by atoms with E-state index in [0.717, 1.165) is 50.1 Å². The van der Waals surface area contributed by atoms with E-state index in [1.807, 2.05) is 23.1 Å². The number of aryl methyl sites for hydroxylation is 1. The number of piperidine rings is 3. The lowest BCUT2D eigenvalue weighted by molar-refractivity contribution is -0.00370. The molecule has 4 aliphatic rings. The Labute approximate surface area is 165 Å². The molecule has 28 heavy (non-hydrogen) atoms. The zero-order valence-corrected chi connectivity index (χ0v) is 16.3. The van der Waals surface area contributed by atoms with Crippen LogP contribution in [0.1, 0.15) is 53.9 Å². The van der Waals surface area contributed by atoms with Crippen molar-refractivity contribution in [3.05, 3.63) is 47.3 Å². The Balaban J connectivity index is 1.48. The van der Waals surface area contributed by atoms with Crippen molar-refractivity contribution >= 4 is 5.91 Å². The number of amides is 1. The summed E-state index contributed by atoms with van der Waals surface area (Å²) in [7, 11) is 0. The lowest BCUT2D eigenvalue weighted by Gasteiger charge is -2.51. The summed E-state index contributed by atoms with van der Waals surface area (Å²) in [5, 5.41) is 14.1. The van der Waals surface area contributed by atoms with Crippen molar-refractivity contribution in [2.45, 2.75) is 50.6 Å². The topological polar surface area (TPSA) is 69.8 Å². The molecule has 6 heteroatoms. The summed E-state index contributed by atoms with van der Waals surface area (Å²) in [4.78, 5) is 18.0. The third kappa shape index (κ3) is 2.82. The van der Waals surface area contributed by atoms with Gasteiger partial charge in [-0.1, -0.05) is 24.2 Å². The van der Waals surface area contributed by atoms with Gasteiger partial charge in [0.05, 0.1) is 6.04 Å². The van der Waals surface area contributed by atoms with Crippen LogP contribution in [0.15, 0.2) is 34.9 Å². The van der Waals surface area contributed by atoms with E-state index in [9.17, 15) is 9.90 Å². The average molecular weight is 381 g/mol. The van der Waals surface area contributed by atoms with Crippen LogP contribution in [-0.4, -0.2) is 57.7 Å². The van der Waals surface area contributed by atoms with Crippen molar-refractivity contribution in [3.8, 4) is 5.75 Å². The van der Waals surface area contributed by atoms with Gasteiger partial charge in [0, 0.05) is 31.0 Å². The zero-order valence-electron chi connectivity index (χ0n) is 16.3. The lowest BCUT2D eigenvalue weighted by Crippen LogP contribution is -2.60. The fourth-order valence-corrected chi connectivity index (χ4v) is 5.63. The Morgan fingerprint density at radius 2 is 2.07 bits per heavy atom. The first-order chi connectivity index (χ1) is 13.7. The molecular weight excluding hydrogens is 354 g/mol. The quantitative estimate of drug-likeness (QED) is 0.882. The van der Waals surface area contributed by atoms with Crippen LogP contribution in [0.2, 0.25) is 0 Å². The van der Waals surface area contributed by atoms with E-state index in [2.05, 4.69) is 23.0 Å². The Morgan fingerprint density at radius 3 is 2.82 bits per heavy atom. The van der Waals surface area contributed by atoms with Crippen LogP contribution in [0.3, 0.4) is 0 Å². The monoisotopic (exact) mass is 381 g/mol. The van der Waals surface area contributed by atoms with E-state index < -0.39 is 0 Å². The van der Waals surface area contributed by atoms with E-state index >= 15 is 0 Å². The minimum absolute atomic E-state index is 0.0162. The van der Waals surface area contributed by atoms with Gasteiger partial charge < -0.3 is 14.5 Å². The van der Waals surface area contributed by atoms with Crippen LogP contribution < -0.4 is 0 Å². The fraction of sp³-hybridized carbons (Fsp3) is 0.545. The molecule has 2 aromatic rings. The molecule has 1 N–H and O–H groups in total. The molecule has 5 heterocycles. The molecule has 0 spiro atoms. The SMILES string of the molecule is CCCc1cc(C(=O)N2C[C@@H](c3cccc(O)c3)[C@@H]3[C@H]2C2CCN3CC2)no1. The zero-order chi connectivity index (χ0) is 19.3. The number of aromatic nitrogens is 1. The molecule has 0 aliphatic carbocycles. The molecule has 1 amide bonds. The molecule has 1 aromatic heterocycles. The second-order valence-corrected chi connectivity index (χ2v) is 8.44. The second kappa shape index (κ2) is 6.92. The largest absolute Gasteiger partial charge is 0.508 e. The molecule has 4 aliphatic heterocycles. The van der Waals surface area contributed by atoms with Crippen molar-refractivity contribution in [2.75, 3.05) is 19.6 Å². The van der Waals surface area contributed by atoms with Gasteiger partial charge in [0.25, 0.3) is 5.91 Å². The fourth-order valence-electron chi connectivity index (χ4n) is 5.63. The third-order valence-electron chi connectivity index (χ3n) is 6.83. The molecule has 6 nitrogen and oxygen atoms in total. The number of carbonyl (C=O) groups excluding carboxylic acids is 1. The number of aromatic hydroxyl groups is 1. The lowest BCUT2D eigenvalue weighted by atomic mass is 9.75. The highest BCUT2D eigenvalue weighted by molar-refractivity contribution is 5.93. The average Bonchev–Trinajstić information content (AvgIpc) is 3.35. The van der Waals surface area contributed by atoms with Gasteiger partial charge in [-0.3, -0.25) is 9.69 Å². The highest BCUT2D eigenvalue weighted by Gasteiger charge is 2.55.